The van der Waals surface area contributed by atoms with Gasteiger partial charge in [0.1, 0.15) is 0 Å². The topological polar surface area (TPSA) is 100 Å². The van der Waals surface area contributed by atoms with Crippen molar-refractivity contribution in [1.29, 1.82) is 0 Å². The molecule has 1 N–H and O–H groups in total. The van der Waals surface area contributed by atoms with Crippen LogP contribution < -0.4 is 10.1 Å². The smallest absolute Gasteiger partial charge is 0.291 e. The van der Waals surface area contributed by atoms with E-state index in [1.165, 1.54) is 62.0 Å². The summed E-state index contributed by atoms with van der Waals surface area (Å²) in [6.45, 7) is 4.63. The van der Waals surface area contributed by atoms with Crippen molar-refractivity contribution in [3.05, 3.63) is 64.6 Å². The first-order chi connectivity index (χ1) is 20.7. The fourth-order valence-electron chi connectivity index (χ4n) is 5.46. The Kier molecular flexibility index (Phi) is 9.26. The van der Waals surface area contributed by atoms with Crippen LogP contribution in [0.5, 0.6) is 5.75 Å². The third-order valence-electron chi connectivity index (χ3n) is 7.95. The molecule has 228 valence electrons. The quantitative estimate of drug-likeness (QED) is 0.411. The summed E-state index contributed by atoms with van der Waals surface area (Å²) >= 11 is 6.45. The number of halogens is 3. The van der Waals surface area contributed by atoms with Gasteiger partial charge in [-0.15, -0.1) is 0 Å². The second-order valence-corrected chi connectivity index (χ2v) is 11.0. The Morgan fingerprint density at radius 3 is 2.35 bits per heavy atom. The monoisotopic (exact) mass is 614 g/mol. The van der Waals surface area contributed by atoms with Crippen LogP contribution in [-0.2, 0) is 11.8 Å². The number of ether oxygens (including phenoxy) is 1. The van der Waals surface area contributed by atoms with Crippen LogP contribution in [0.15, 0.2) is 36.5 Å². The number of amides is 3. The maximum absolute atomic E-state index is 14.6. The van der Waals surface area contributed by atoms with E-state index in [1.54, 1.807) is 11.0 Å². The number of nitrogens with one attached hydrogen (secondary N) is 1. The Hall–Kier alpha value is -4.03. The Bertz CT molecular complexity index is 1530. The molecule has 3 amide bonds. The van der Waals surface area contributed by atoms with Gasteiger partial charge in [-0.3, -0.25) is 14.4 Å². The van der Waals surface area contributed by atoms with Crippen LogP contribution in [0.2, 0.25) is 5.02 Å². The highest BCUT2D eigenvalue weighted by atomic mass is 35.5. The van der Waals surface area contributed by atoms with Crippen molar-refractivity contribution in [2.45, 2.75) is 19.3 Å². The highest BCUT2D eigenvalue weighted by molar-refractivity contribution is 6.34. The molecular formula is C30H33ClF2N6O4. The molecule has 10 nitrogen and oxygen atoms in total. The molecule has 3 heterocycles. The SMILES string of the molecule is COc1ccc(-c2cnc(C(=O)Nc3ccc(C(=O)N4CCN(C(=O)CCN5CCCC5)CC4)c(Cl)c3)n2C)c(F)c1F. The van der Waals surface area contributed by atoms with E-state index in [1.807, 2.05) is 4.90 Å². The van der Waals surface area contributed by atoms with Gasteiger partial charge in [-0.2, -0.15) is 4.39 Å². The molecule has 0 saturated carbocycles. The van der Waals surface area contributed by atoms with Crippen LogP contribution in [0.3, 0.4) is 0 Å². The summed E-state index contributed by atoms with van der Waals surface area (Å²) in [5, 5.41) is 2.83. The number of benzene rings is 2. The van der Waals surface area contributed by atoms with Crippen LogP contribution in [0, 0.1) is 11.6 Å². The molecule has 0 radical (unpaired) electrons. The van der Waals surface area contributed by atoms with Crippen molar-refractivity contribution in [2.24, 2.45) is 7.05 Å². The third kappa shape index (κ3) is 6.50. The van der Waals surface area contributed by atoms with Crippen LogP contribution in [-0.4, -0.2) is 94.9 Å². The number of hydrogen-bond donors (Lipinski definition) is 1. The molecule has 3 aromatic rings. The van der Waals surface area contributed by atoms with Gasteiger partial charge in [0.15, 0.2) is 17.4 Å². The number of hydrogen-bond acceptors (Lipinski definition) is 6. The van der Waals surface area contributed by atoms with E-state index >= 15 is 0 Å². The van der Waals surface area contributed by atoms with Crippen LogP contribution in [0.1, 0.15) is 40.2 Å². The molecule has 1 aromatic heterocycles. The maximum Gasteiger partial charge on any atom is 0.291 e. The molecule has 2 fully saturated rings. The van der Waals surface area contributed by atoms with Gasteiger partial charge in [-0.1, -0.05) is 11.6 Å². The van der Waals surface area contributed by atoms with Gasteiger partial charge in [0.2, 0.25) is 11.7 Å². The van der Waals surface area contributed by atoms with Crippen molar-refractivity contribution >= 4 is 35.0 Å². The number of nitrogens with zero attached hydrogens (tertiary/aromatic N) is 5. The maximum atomic E-state index is 14.6. The first-order valence-corrected chi connectivity index (χ1v) is 14.5. The lowest BCUT2D eigenvalue weighted by atomic mass is 10.1. The minimum Gasteiger partial charge on any atom is -0.494 e. The molecule has 0 bridgehead atoms. The molecule has 2 aliphatic heterocycles. The first kappa shape index (κ1) is 30.4. The van der Waals surface area contributed by atoms with E-state index < -0.39 is 17.5 Å². The zero-order chi connectivity index (χ0) is 30.7. The molecule has 2 aliphatic rings. The van der Waals surface area contributed by atoms with E-state index in [-0.39, 0.29) is 45.2 Å². The van der Waals surface area contributed by atoms with Crippen LogP contribution in [0.25, 0.3) is 11.3 Å². The van der Waals surface area contributed by atoms with Gasteiger partial charge < -0.3 is 29.3 Å². The predicted molar refractivity (Wildman–Crippen MR) is 157 cm³/mol. The fourth-order valence-corrected chi connectivity index (χ4v) is 5.72. The van der Waals surface area contributed by atoms with Gasteiger partial charge in [0.05, 0.1) is 29.6 Å². The molecule has 0 atom stereocenters. The summed E-state index contributed by atoms with van der Waals surface area (Å²) in [6.07, 6.45) is 4.14. The van der Waals surface area contributed by atoms with Gasteiger partial charge in [0, 0.05) is 57.4 Å². The zero-order valence-electron chi connectivity index (χ0n) is 24.0. The van der Waals surface area contributed by atoms with E-state index in [2.05, 4.69) is 15.2 Å². The summed E-state index contributed by atoms with van der Waals surface area (Å²) in [5.41, 5.74) is 0.720. The standard InChI is InChI=1S/C30H33ClF2N6O4/c1-36-23(21-7-8-24(43-2)27(33)26(21)32)18-34-28(36)29(41)35-19-5-6-20(22(31)17-19)30(42)39-15-13-38(14-16-39)25(40)9-12-37-10-3-4-11-37/h5-8,17-18H,3-4,9-16H2,1-2H3,(H,35,41). The Morgan fingerprint density at radius 1 is 0.977 bits per heavy atom. The number of piperazine rings is 1. The molecule has 0 spiro atoms. The summed E-state index contributed by atoms with van der Waals surface area (Å²) in [7, 11) is 2.75. The molecule has 0 aliphatic carbocycles. The van der Waals surface area contributed by atoms with Crippen molar-refractivity contribution in [1.82, 2.24) is 24.3 Å². The van der Waals surface area contributed by atoms with Crippen LogP contribution in [0.4, 0.5) is 14.5 Å². The average molecular weight is 615 g/mol. The molecule has 2 saturated heterocycles. The zero-order valence-corrected chi connectivity index (χ0v) is 24.8. The lowest BCUT2D eigenvalue weighted by molar-refractivity contribution is -0.133. The number of carbonyl (C=O) groups is 3. The van der Waals surface area contributed by atoms with Gasteiger partial charge in [-0.25, -0.2) is 9.37 Å². The molecule has 5 rings (SSSR count). The predicted octanol–water partition coefficient (Wildman–Crippen LogP) is 4.05. The number of anilines is 1. The van der Waals surface area contributed by atoms with E-state index in [4.69, 9.17) is 16.3 Å². The van der Waals surface area contributed by atoms with Gasteiger partial charge in [0.25, 0.3) is 11.8 Å². The van der Waals surface area contributed by atoms with E-state index in [0.717, 1.165) is 19.6 Å². The molecule has 13 heteroatoms. The summed E-state index contributed by atoms with van der Waals surface area (Å²) in [4.78, 5) is 48.7. The number of methoxy groups -OCH3 is 1. The largest absolute Gasteiger partial charge is 0.494 e. The Labute approximate surface area is 253 Å². The summed E-state index contributed by atoms with van der Waals surface area (Å²) < 4.78 is 35.0. The van der Waals surface area contributed by atoms with Crippen molar-refractivity contribution in [3.8, 4) is 17.0 Å². The highest BCUT2D eigenvalue weighted by Crippen LogP contribution is 2.30. The number of likely N-dealkylation sites (tertiary alicyclic amines) is 1. The molecular weight excluding hydrogens is 582 g/mol. The van der Waals surface area contributed by atoms with E-state index in [0.29, 0.717) is 38.3 Å². The molecule has 43 heavy (non-hydrogen) atoms. The highest BCUT2D eigenvalue weighted by Gasteiger charge is 2.27. The molecule has 2 aromatic carbocycles. The van der Waals surface area contributed by atoms with Crippen molar-refractivity contribution < 1.29 is 27.9 Å². The lowest BCUT2D eigenvalue weighted by Crippen LogP contribution is -2.51. The number of imidazole rings is 1. The minimum absolute atomic E-state index is 0.0465. The second kappa shape index (κ2) is 13.1. The number of rotatable bonds is 8. The first-order valence-electron chi connectivity index (χ1n) is 14.1. The van der Waals surface area contributed by atoms with Crippen LogP contribution >= 0.6 is 11.6 Å². The summed E-state index contributed by atoms with van der Waals surface area (Å²) in [6, 6.07) is 7.19. The Morgan fingerprint density at radius 2 is 1.67 bits per heavy atom. The number of aromatic nitrogens is 2. The van der Waals surface area contributed by atoms with Gasteiger partial charge in [-0.05, 0) is 56.3 Å². The Balaban J connectivity index is 1.19. The average Bonchev–Trinajstić information content (AvgIpc) is 3.67. The fraction of sp³-hybridized carbons (Fsp3) is 0.400. The lowest BCUT2D eigenvalue weighted by Gasteiger charge is -2.35. The second-order valence-electron chi connectivity index (χ2n) is 10.6. The normalized spacial score (nSPS) is 15.6. The van der Waals surface area contributed by atoms with Crippen molar-refractivity contribution in [3.63, 3.8) is 0 Å². The van der Waals surface area contributed by atoms with Crippen molar-refractivity contribution in [2.75, 3.05) is 58.2 Å². The minimum atomic E-state index is -1.14. The number of carbonyl (C=O) groups excluding carboxylic acids is 3. The molecule has 0 unspecified atom stereocenters. The third-order valence-corrected chi connectivity index (χ3v) is 8.26. The van der Waals surface area contributed by atoms with E-state index in [9.17, 15) is 23.2 Å². The summed E-state index contributed by atoms with van der Waals surface area (Å²) in [5.74, 6) is -3.29. The van der Waals surface area contributed by atoms with Gasteiger partial charge >= 0.3 is 0 Å².